The minimum absolute atomic E-state index is 0.189. The highest BCUT2D eigenvalue weighted by Crippen LogP contribution is 2.36. The summed E-state index contributed by atoms with van der Waals surface area (Å²) in [6.07, 6.45) is 0.858. The fourth-order valence-corrected chi connectivity index (χ4v) is 2.50. The molecule has 0 radical (unpaired) electrons. The summed E-state index contributed by atoms with van der Waals surface area (Å²) in [7, 11) is 3.96. The van der Waals surface area contributed by atoms with Crippen molar-refractivity contribution in [2.24, 2.45) is 0 Å². The molecule has 114 valence electrons. The van der Waals surface area contributed by atoms with Gasteiger partial charge in [-0.2, -0.15) is 0 Å². The predicted octanol–water partition coefficient (Wildman–Crippen LogP) is 1.34. The van der Waals surface area contributed by atoms with Gasteiger partial charge >= 0.3 is 12.0 Å². The lowest BCUT2D eigenvalue weighted by atomic mass is 10.0. The molecule has 6 nitrogen and oxygen atoms in total. The van der Waals surface area contributed by atoms with Gasteiger partial charge in [0.1, 0.15) is 5.92 Å². The number of amides is 2. The standard InChI is InChI=1S/C15H21N3O3/c1-17(2)9-5-8-16-15(21)18-10-12(14(19)20)11-6-3-4-7-13(11)18/h3-4,6-7,12H,5,8-10H2,1-2H3,(H,16,21)(H,19,20). The van der Waals surface area contributed by atoms with E-state index in [9.17, 15) is 14.7 Å². The molecule has 0 saturated heterocycles. The van der Waals surface area contributed by atoms with E-state index in [1.165, 1.54) is 4.90 Å². The Morgan fingerprint density at radius 3 is 2.76 bits per heavy atom. The number of carboxylic acid groups (broad SMARTS) is 1. The molecule has 1 heterocycles. The zero-order valence-electron chi connectivity index (χ0n) is 12.4. The number of carbonyl (C=O) groups is 2. The van der Waals surface area contributed by atoms with Crippen LogP contribution in [0, 0.1) is 0 Å². The number of hydrogen-bond acceptors (Lipinski definition) is 3. The monoisotopic (exact) mass is 291 g/mol. The highest BCUT2D eigenvalue weighted by atomic mass is 16.4. The van der Waals surface area contributed by atoms with Gasteiger partial charge in [0.05, 0.1) is 0 Å². The van der Waals surface area contributed by atoms with Gasteiger partial charge < -0.3 is 15.3 Å². The van der Waals surface area contributed by atoms with Crippen molar-refractivity contribution in [3.8, 4) is 0 Å². The third-order valence-electron chi connectivity index (χ3n) is 3.57. The van der Waals surface area contributed by atoms with Crippen LogP contribution in [-0.4, -0.2) is 55.7 Å². The molecular formula is C15H21N3O3. The SMILES string of the molecule is CN(C)CCCNC(=O)N1CC(C(=O)O)c2ccccc21. The lowest BCUT2D eigenvalue weighted by Gasteiger charge is -2.18. The summed E-state index contributed by atoms with van der Waals surface area (Å²) >= 11 is 0. The molecule has 0 aliphatic carbocycles. The van der Waals surface area contributed by atoms with Crippen LogP contribution in [0.4, 0.5) is 10.5 Å². The molecule has 2 rings (SSSR count). The van der Waals surface area contributed by atoms with Crippen molar-refractivity contribution in [2.45, 2.75) is 12.3 Å². The Balaban J connectivity index is 2.01. The number of fused-ring (bicyclic) bond motifs is 1. The second-order valence-electron chi connectivity index (χ2n) is 5.45. The summed E-state index contributed by atoms with van der Waals surface area (Å²) in [6, 6.07) is 6.94. The van der Waals surface area contributed by atoms with E-state index in [2.05, 4.69) is 10.2 Å². The maximum Gasteiger partial charge on any atom is 0.321 e. The number of hydrogen-bond donors (Lipinski definition) is 2. The topological polar surface area (TPSA) is 72.9 Å². The molecule has 21 heavy (non-hydrogen) atoms. The quantitative estimate of drug-likeness (QED) is 0.803. The highest BCUT2D eigenvalue weighted by Gasteiger charge is 2.36. The fraction of sp³-hybridized carbons (Fsp3) is 0.467. The van der Waals surface area contributed by atoms with E-state index in [4.69, 9.17) is 0 Å². The van der Waals surface area contributed by atoms with Crippen molar-refractivity contribution in [1.29, 1.82) is 0 Å². The maximum absolute atomic E-state index is 12.2. The maximum atomic E-state index is 12.2. The van der Waals surface area contributed by atoms with Crippen molar-refractivity contribution >= 4 is 17.7 Å². The first kappa shape index (κ1) is 15.3. The molecule has 2 N–H and O–H groups in total. The number of carboxylic acids is 1. The van der Waals surface area contributed by atoms with Gasteiger partial charge in [-0.25, -0.2) is 4.79 Å². The number of urea groups is 1. The number of nitrogens with one attached hydrogen (secondary N) is 1. The summed E-state index contributed by atoms with van der Waals surface area (Å²) in [5.74, 6) is -1.54. The Hall–Kier alpha value is -2.08. The Kier molecular flexibility index (Phi) is 4.80. The second kappa shape index (κ2) is 6.58. The molecule has 0 aromatic heterocycles. The van der Waals surface area contributed by atoms with Gasteiger partial charge in [-0.05, 0) is 38.7 Å². The van der Waals surface area contributed by atoms with Gasteiger partial charge in [0, 0.05) is 18.8 Å². The van der Waals surface area contributed by atoms with Crippen LogP contribution in [0.3, 0.4) is 0 Å². The molecule has 1 atom stereocenters. The third kappa shape index (κ3) is 3.52. The van der Waals surface area contributed by atoms with E-state index in [1.54, 1.807) is 18.2 Å². The van der Waals surface area contributed by atoms with Crippen LogP contribution in [0.15, 0.2) is 24.3 Å². The van der Waals surface area contributed by atoms with Crippen molar-refractivity contribution in [2.75, 3.05) is 38.6 Å². The summed E-state index contributed by atoms with van der Waals surface area (Å²) in [5, 5.41) is 12.1. The van der Waals surface area contributed by atoms with Crippen molar-refractivity contribution < 1.29 is 14.7 Å². The van der Waals surface area contributed by atoms with Crippen LogP contribution in [-0.2, 0) is 4.79 Å². The molecule has 0 spiro atoms. The number of aliphatic carboxylic acids is 1. The largest absolute Gasteiger partial charge is 0.481 e. The van der Waals surface area contributed by atoms with E-state index in [1.807, 2.05) is 20.2 Å². The molecule has 0 saturated carbocycles. The van der Waals surface area contributed by atoms with Gasteiger partial charge in [-0.3, -0.25) is 9.69 Å². The average Bonchev–Trinajstić information content (AvgIpc) is 2.83. The lowest BCUT2D eigenvalue weighted by Crippen LogP contribution is -2.40. The van der Waals surface area contributed by atoms with Crippen LogP contribution in [0.2, 0.25) is 0 Å². The summed E-state index contributed by atoms with van der Waals surface area (Å²) in [4.78, 5) is 27.1. The van der Waals surface area contributed by atoms with Crippen LogP contribution in [0.1, 0.15) is 17.9 Å². The highest BCUT2D eigenvalue weighted by molar-refractivity contribution is 5.97. The second-order valence-corrected chi connectivity index (χ2v) is 5.45. The minimum atomic E-state index is -0.898. The predicted molar refractivity (Wildman–Crippen MR) is 80.7 cm³/mol. The van der Waals surface area contributed by atoms with Crippen molar-refractivity contribution in [3.05, 3.63) is 29.8 Å². The number of anilines is 1. The van der Waals surface area contributed by atoms with Gasteiger partial charge in [-0.1, -0.05) is 18.2 Å². The molecule has 2 amide bonds. The van der Waals surface area contributed by atoms with E-state index < -0.39 is 11.9 Å². The number of rotatable bonds is 5. The Bertz CT molecular complexity index is 531. The molecule has 1 aliphatic heterocycles. The normalized spacial score (nSPS) is 16.9. The van der Waals surface area contributed by atoms with Gasteiger partial charge in [0.25, 0.3) is 0 Å². The smallest absolute Gasteiger partial charge is 0.321 e. The molecular weight excluding hydrogens is 270 g/mol. The third-order valence-corrected chi connectivity index (χ3v) is 3.57. The Morgan fingerprint density at radius 2 is 2.10 bits per heavy atom. The molecule has 1 unspecified atom stereocenters. The van der Waals surface area contributed by atoms with Crippen molar-refractivity contribution in [1.82, 2.24) is 10.2 Å². The number of benzene rings is 1. The Morgan fingerprint density at radius 1 is 1.38 bits per heavy atom. The Labute approximate surface area is 124 Å². The fourth-order valence-electron chi connectivity index (χ4n) is 2.50. The van der Waals surface area contributed by atoms with Gasteiger partial charge in [-0.15, -0.1) is 0 Å². The summed E-state index contributed by atoms with van der Waals surface area (Å²) in [6.45, 7) is 1.66. The number of carbonyl (C=O) groups excluding carboxylic acids is 1. The van der Waals surface area contributed by atoms with Crippen molar-refractivity contribution in [3.63, 3.8) is 0 Å². The summed E-state index contributed by atoms with van der Waals surface area (Å²) < 4.78 is 0. The first-order chi connectivity index (χ1) is 10.0. The molecule has 1 aromatic carbocycles. The molecule has 0 bridgehead atoms. The van der Waals surface area contributed by atoms with E-state index >= 15 is 0 Å². The van der Waals surface area contributed by atoms with E-state index in [0.29, 0.717) is 17.8 Å². The van der Waals surface area contributed by atoms with Crippen LogP contribution in [0.25, 0.3) is 0 Å². The van der Waals surface area contributed by atoms with E-state index in [0.717, 1.165) is 13.0 Å². The summed E-state index contributed by atoms with van der Waals surface area (Å²) in [5.41, 5.74) is 1.39. The molecule has 0 fully saturated rings. The average molecular weight is 291 g/mol. The number of para-hydroxylation sites is 1. The molecule has 1 aromatic rings. The zero-order valence-corrected chi connectivity index (χ0v) is 12.4. The first-order valence-electron chi connectivity index (χ1n) is 7.02. The van der Waals surface area contributed by atoms with Crippen LogP contribution >= 0.6 is 0 Å². The number of nitrogens with zero attached hydrogens (tertiary/aromatic N) is 2. The lowest BCUT2D eigenvalue weighted by molar-refractivity contribution is -0.138. The van der Waals surface area contributed by atoms with Crippen LogP contribution in [0.5, 0.6) is 0 Å². The molecule has 6 heteroatoms. The minimum Gasteiger partial charge on any atom is -0.481 e. The first-order valence-corrected chi connectivity index (χ1v) is 7.02. The van der Waals surface area contributed by atoms with Gasteiger partial charge in [0.15, 0.2) is 0 Å². The molecule has 1 aliphatic rings. The van der Waals surface area contributed by atoms with E-state index in [-0.39, 0.29) is 12.6 Å². The van der Waals surface area contributed by atoms with Gasteiger partial charge in [0.2, 0.25) is 0 Å². The zero-order chi connectivity index (χ0) is 15.4. The van der Waals surface area contributed by atoms with Crippen LogP contribution < -0.4 is 10.2 Å².